The summed E-state index contributed by atoms with van der Waals surface area (Å²) < 4.78 is 1.21. The molecule has 0 spiro atoms. The minimum Gasteiger partial charge on any atom is -0.369 e. The van der Waals surface area contributed by atoms with E-state index in [-0.39, 0.29) is 5.91 Å². The lowest BCUT2D eigenvalue weighted by molar-refractivity contribution is -0.118. The zero-order valence-corrected chi connectivity index (χ0v) is 18.8. The lowest BCUT2D eigenvalue weighted by Crippen LogP contribution is -2.47. The number of nitrogens with one attached hydrogen (secondary N) is 1. The molecule has 158 valence electrons. The second kappa shape index (κ2) is 10.8. The molecule has 3 aromatic rings. The number of piperazine rings is 1. The third-order valence-electron chi connectivity index (χ3n) is 5.26. The molecule has 0 unspecified atom stereocenters. The number of anilines is 1. The molecule has 1 aliphatic rings. The van der Waals surface area contributed by atoms with Crippen molar-refractivity contribution in [2.45, 2.75) is 12.2 Å². The number of thiazole rings is 1. The van der Waals surface area contributed by atoms with Crippen molar-refractivity contribution in [3.8, 4) is 0 Å². The van der Waals surface area contributed by atoms with Crippen LogP contribution >= 0.6 is 23.1 Å². The first-order valence-corrected chi connectivity index (χ1v) is 12.5. The highest BCUT2D eigenvalue weighted by atomic mass is 32.2. The van der Waals surface area contributed by atoms with E-state index in [0.717, 1.165) is 62.0 Å². The molecule has 1 saturated heterocycles. The Morgan fingerprint density at radius 3 is 2.60 bits per heavy atom. The van der Waals surface area contributed by atoms with Gasteiger partial charge in [0.05, 0.1) is 16.0 Å². The molecule has 2 heterocycles. The topological polar surface area (TPSA) is 48.5 Å². The minimum absolute atomic E-state index is 0.120. The summed E-state index contributed by atoms with van der Waals surface area (Å²) in [5, 5.41) is 4.14. The fraction of sp³-hybridized carbons (Fsp3) is 0.391. The summed E-state index contributed by atoms with van der Waals surface area (Å²) in [5.41, 5.74) is 2.36. The Bertz CT molecular complexity index is 906. The number of fused-ring (bicyclic) bond motifs is 1. The molecular formula is C23H28N4OS2. The zero-order valence-electron chi connectivity index (χ0n) is 17.1. The van der Waals surface area contributed by atoms with Crippen LogP contribution < -0.4 is 10.2 Å². The molecular weight excluding hydrogens is 412 g/mol. The van der Waals surface area contributed by atoms with Crippen molar-refractivity contribution >= 4 is 44.9 Å². The highest BCUT2D eigenvalue weighted by Crippen LogP contribution is 2.24. The Hall–Kier alpha value is -2.09. The predicted molar refractivity (Wildman–Crippen MR) is 129 cm³/mol. The van der Waals surface area contributed by atoms with Gasteiger partial charge in [-0.15, -0.1) is 23.1 Å². The lowest BCUT2D eigenvalue weighted by Gasteiger charge is -2.36. The van der Waals surface area contributed by atoms with Crippen molar-refractivity contribution in [3.63, 3.8) is 0 Å². The van der Waals surface area contributed by atoms with Crippen molar-refractivity contribution in [1.82, 2.24) is 15.2 Å². The lowest BCUT2D eigenvalue weighted by atomic mass is 10.2. The highest BCUT2D eigenvalue weighted by Gasteiger charge is 2.16. The summed E-state index contributed by atoms with van der Waals surface area (Å²) >= 11 is 3.35. The van der Waals surface area contributed by atoms with Crippen LogP contribution in [-0.2, 0) is 10.5 Å². The average Bonchev–Trinajstić information content (AvgIpc) is 3.20. The van der Waals surface area contributed by atoms with Crippen LogP contribution in [0.1, 0.15) is 11.4 Å². The van der Waals surface area contributed by atoms with E-state index in [1.807, 2.05) is 18.2 Å². The number of hydrogen-bond acceptors (Lipinski definition) is 6. The van der Waals surface area contributed by atoms with E-state index in [2.05, 4.69) is 56.5 Å². The third kappa shape index (κ3) is 5.97. The smallest absolute Gasteiger partial charge is 0.230 e. The van der Waals surface area contributed by atoms with Crippen LogP contribution in [0.2, 0.25) is 0 Å². The van der Waals surface area contributed by atoms with Crippen LogP contribution in [0.15, 0.2) is 54.6 Å². The Balaban J connectivity index is 1.07. The van der Waals surface area contributed by atoms with E-state index in [1.54, 1.807) is 23.1 Å². The monoisotopic (exact) mass is 440 g/mol. The fourth-order valence-corrected chi connectivity index (χ4v) is 5.54. The van der Waals surface area contributed by atoms with Gasteiger partial charge < -0.3 is 10.2 Å². The molecule has 7 heteroatoms. The first kappa shape index (κ1) is 21.2. The van der Waals surface area contributed by atoms with Crippen molar-refractivity contribution in [2.75, 3.05) is 49.9 Å². The number of carbonyl (C=O) groups excluding carboxylic acids is 1. The van der Waals surface area contributed by atoms with Gasteiger partial charge in [-0.1, -0.05) is 30.3 Å². The van der Waals surface area contributed by atoms with Crippen molar-refractivity contribution in [3.05, 3.63) is 59.6 Å². The number of amides is 1. The number of benzene rings is 2. The van der Waals surface area contributed by atoms with Crippen molar-refractivity contribution in [1.29, 1.82) is 0 Å². The first-order chi connectivity index (χ1) is 14.8. The van der Waals surface area contributed by atoms with E-state index in [1.165, 1.54) is 10.4 Å². The van der Waals surface area contributed by atoms with Gasteiger partial charge in [-0.05, 0) is 37.2 Å². The molecule has 5 nitrogen and oxygen atoms in total. The summed E-state index contributed by atoms with van der Waals surface area (Å²) in [5.74, 6) is 1.40. The summed E-state index contributed by atoms with van der Waals surface area (Å²) in [6.07, 6.45) is 1.000. The van der Waals surface area contributed by atoms with Crippen LogP contribution in [0.4, 0.5) is 5.69 Å². The van der Waals surface area contributed by atoms with Crippen molar-refractivity contribution in [2.24, 2.45) is 0 Å². The molecule has 0 aliphatic carbocycles. The predicted octanol–water partition coefficient (Wildman–Crippen LogP) is 3.86. The SMILES string of the molecule is O=C(CSCc1nc2ccccc2s1)NCCCN1CCN(c2ccccc2)CC1. The molecule has 1 aromatic heterocycles. The molecule has 30 heavy (non-hydrogen) atoms. The Morgan fingerprint density at radius 1 is 1.03 bits per heavy atom. The molecule has 4 rings (SSSR count). The largest absolute Gasteiger partial charge is 0.369 e. The minimum atomic E-state index is 0.120. The highest BCUT2D eigenvalue weighted by molar-refractivity contribution is 7.99. The summed E-state index contributed by atoms with van der Waals surface area (Å²) in [6, 6.07) is 18.8. The van der Waals surface area contributed by atoms with E-state index in [9.17, 15) is 4.79 Å². The standard InChI is InChI=1S/C23H28N4OS2/c28-22(17-29-18-23-25-20-9-4-5-10-21(20)30-23)24-11-6-12-26-13-15-27(16-14-26)19-7-2-1-3-8-19/h1-5,7-10H,6,11-18H2,(H,24,28). The molecule has 0 radical (unpaired) electrons. The number of aromatic nitrogens is 1. The summed E-state index contributed by atoms with van der Waals surface area (Å²) in [4.78, 5) is 21.6. The van der Waals surface area contributed by atoms with Gasteiger partial charge in [-0.2, -0.15) is 0 Å². The Kier molecular flexibility index (Phi) is 7.61. The molecule has 1 aliphatic heterocycles. The van der Waals surface area contributed by atoms with Crippen LogP contribution in [0.3, 0.4) is 0 Å². The Morgan fingerprint density at radius 2 is 1.80 bits per heavy atom. The van der Waals surface area contributed by atoms with Crippen LogP contribution in [-0.4, -0.2) is 60.8 Å². The van der Waals surface area contributed by atoms with E-state index >= 15 is 0 Å². The molecule has 0 atom stereocenters. The Labute approximate surface area is 186 Å². The fourth-order valence-electron chi connectivity index (χ4n) is 3.66. The van der Waals surface area contributed by atoms with Gasteiger partial charge >= 0.3 is 0 Å². The maximum Gasteiger partial charge on any atom is 0.230 e. The van der Waals surface area contributed by atoms with Gasteiger partial charge in [0.2, 0.25) is 5.91 Å². The zero-order chi connectivity index (χ0) is 20.6. The number of para-hydroxylation sites is 2. The van der Waals surface area contributed by atoms with Gasteiger partial charge in [-0.25, -0.2) is 4.98 Å². The van der Waals surface area contributed by atoms with Gasteiger partial charge in [-0.3, -0.25) is 9.69 Å². The third-order valence-corrected chi connectivity index (χ3v) is 7.43. The molecule has 0 saturated carbocycles. The number of nitrogens with zero attached hydrogens (tertiary/aromatic N) is 3. The average molecular weight is 441 g/mol. The number of rotatable bonds is 9. The molecule has 1 N–H and O–H groups in total. The first-order valence-electron chi connectivity index (χ1n) is 10.5. The maximum absolute atomic E-state index is 12.1. The van der Waals surface area contributed by atoms with Crippen LogP contribution in [0.25, 0.3) is 10.2 Å². The van der Waals surface area contributed by atoms with E-state index in [0.29, 0.717) is 5.75 Å². The molecule has 1 amide bonds. The summed E-state index contributed by atoms with van der Waals surface area (Å²) in [7, 11) is 0. The summed E-state index contributed by atoms with van der Waals surface area (Å²) in [6.45, 7) is 6.10. The molecule has 1 fully saturated rings. The number of thioether (sulfide) groups is 1. The van der Waals surface area contributed by atoms with Gasteiger partial charge in [0.25, 0.3) is 0 Å². The number of hydrogen-bond donors (Lipinski definition) is 1. The quantitative estimate of drug-likeness (QED) is 0.512. The normalized spacial score (nSPS) is 14.9. The maximum atomic E-state index is 12.1. The molecule has 2 aromatic carbocycles. The van der Waals surface area contributed by atoms with Crippen LogP contribution in [0.5, 0.6) is 0 Å². The second-order valence-electron chi connectivity index (χ2n) is 7.44. The van der Waals surface area contributed by atoms with Gasteiger partial charge in [0.15, 0.2) is 0 Å². The van der Waals surface area contributed by atoms with Gasteiger partial charge in [0, 0.05) is 44.2 Å². The van der Waals surface area contributed by atoms with Crippen molar-refractivity contribution < 1.29 is 4.79 Å². The van der Waals surface area contributed by atoms with E-state index < -0.39 is 0 Å². The number of carbonyl (C=O) groups is 1. The van der Waals surface area contributed by atoms with E-state index in [4.69, 9.17) is 0 Å². The van der Waals surface area contributed by atoms with Crippen LogP contribution in [0, 0.1) is 0 Å². The van der Waals surface area contributed by atoms with Gasteiger partial charge in [0.1, 0.15) is 5.01 Å². The second-order valence-corrected chi connectivity index (χ2v) is 9.54. The molecule has 0 bridgehead atoms.